The van der Waals surface area contributed by atoms with Crippen molar-refractivity contribution < 1.29 is 0 Å². The van der Waals surface area contributed by atoms with E-state index < -0.39 is 0 Å². The minimum atomic E-state index is 0.733. The van der Waals surface area contributed by atoms with Crippen LogP contribution in [0.4, 0.5) is 0 Å². The molecule has 33 aliphatic rings. The van der Waals surface area contributed by atoms with Crippen molar-refractivity contribution in [1.29, 1.82) is 0 Å². The second kappa shape index (κ2) is 7.24. The number of hydrogen-bond acceptors (Lipinski definition) is 0. The SMILES string of the molecule is c1ccc2c(c1)CC13C4C5C6C7C8C9C%10C%11C%12C%13C%10C%10C8C8C%14C%10C%10C%13C%13C%15C%12C%12C%16C%11C%11C9C7C7C9C%11C%16C%11C%16C%12C%15C%12C%15C%13C%10C%10C%14C(C4C86)C4C%10C%15C6C%12C%16C8C%11C9C(C75)C1C8C6C43C2. The van der Waals surface area contributed by atoms with Gasteiger partial charge in [-0.05, 0) is 378 Å². The Morgan fingerprint density at radius 1 is 0.176 bits per heavy atom. The summed E-state index contributed by atoms with van der Waals surface area (Å²) in [4.78, 5) is 0. The van der Waals surface area contributed by atoms with E-state index in [0.29, 0.717) is 0 Å². The average molecular weight is 883 g/mol. The van der Waals surface area contributed by atoms with Gasteiger partial charge in [0.2, 0.25) is 0 Å². The smallest absolute Gasteiger partial charge is 0.0124 e. The highest BCUT2D eigenvalue weighted by Crippen LogP contribution is 3.08. The van der Waals surface area contributed by atoms with Crippen molar-refractivity contribution in [2.75, 3.05) is 0 Å². The molecule has 0 heterocycles. The average Bonchev–Trinajstić information content (AvgIpc) is 4.20. The van der Waals surface area contributed by atoms with E-state index in [9.17, 15) is 0 Å². The molecule has 0 heteroatoms. The largest absolute Gasteiger partial charge is 0.0620 e. The minimum absolute atomic E-state index is 0.733. The molecule has 0 aliphatic heterocycles. The van der Waals surface area contributed by atoms with E-state index in [4.69, 9.17) is 0 Å². The molecule has 68 heavy (non-hydrogen) atoms. The molecule has 0 saturated heterocycles. The Morgan fingerprint density at radius 2 is 0.309 bits per heavy atom. The molecule has 0 radical (unpaired) electrons. The summed E-state index contributed by atoms with van der Waals surface area (Å²) in [7, 11) is 0. The van der Waals surface area contributed by atoms with Gasteiger partial charge in [0, 0.05) is 0 Å². The van der Waals surface area contributed by atoms with Crippen molar-refractivity contribution >= 4 is 0 Å². The Hall–Kier alpha value is -0.780. The molecule has 0 amide bonds. The van der Waals surface area contributed by atoms with Gasteiger partial charge in [-0.2, -0.15) is 0 Å². The molecule has 32 fully saturated rings. The Kier molecular flexibility index (Phi) is 3.19. The lowest BCUT2D eigenvalue weighted by molar-refractivity contribution is -0.271. The van der Waals surface area contributed by atoms with Crippen molar-refractivity contribution in [3.05, 3.63) is 35.4 Å². The molecular formula is C68H66. The van der Waals surface area contributed by atoms with Crippen LogP contribution in [0.2, 0.25) is 0 Å². The second-order valence-electron chi connectivity index (χ2n) is 37.5. The highest BCUT2D eigenvalue weighted by Gasteiger charge is 3.05. The van der Waals surface area contributed by atoms with Gasteiger partial charge >= 0.3 is 0 Å². The maximum absolute atomic E-state index is 2.87. The summed E-state index contributed by atoms with van der Waals surface area (Å²) < 4.78 is 0. The number of hydrogen-bond donors (Lipinski definition) is 0. The van der Waals surface area contributed by atoms with Gasteiger partial charge in [-0.3, -0.25) is 0 Å². The van der Waals surface area contributed by atoms with Gasteiger partial charge in [0.25, 0.3) is 0 Å². The summed E-state index contributed by atoms with van der Waals surface area (Å²) >= 11 is 0. The zero-order valence-corrected chi connectivity index (χ0v) is 39.2. The van der Waals surface area contributed by atoms with Gasteiger partial charge in [-0.15, -0.1) is 0 Å². The van der Waals surface area contributed by atoms with Gasteiger partial charge in [0.05, 0.1) is 0 Å². The fourth-order valence-corrected chi connectivity index (χ4v) is 49.1. The van der Waals surface area contributed by atoms with Crippen molar-refractivity contribution in [2.24, 2.45) is 354 Å². The molecule has 33 aliphatic carbocycles. The number of fused-ring (bicyclic) bond motifs is 1. The van der Waals surface area contributed by atoms with Crippen LogP contribution < -0.4 is 0 Å². The van der Waals surface area contributed by atoms with Crippen LogP contribution in [0.1, 0.15) is 11.1 Å². The van der Waals surface area contributed by atoms with E-state index in [0.717, 1.165) is 10.8 Å². The molecule has 0 aromatic heterocycles. The first-order valence-electron chi connectivity index (χ1n) is 33.0. The second-order valence-corrected chi connectivity index (χ2v) is 37.5. The van der Waals surface area contributed by atoms with Crippen LogP contribution >= 0.6 is 0 Å². The van der Waals surface area contributed by atoms with Crippen molar-refractivity contribution in [1.82, 2.24) is 0 Å². The van der Waals surface area contributed by atoms with E-state index in [1.807, 2.05) is 11.1 Å². The summed E-state index contributed by atoms with van der Waals surface area (Å²) in [6.07, 6.45) is 3.35. The summed E-state index contributed by atoms with van der Waals surface area (Å²) in [5.74, 6) is 74.3. The van der Waals surface area contributed by atoms with E-state index in [1.165, 1.54) is 343 Å². The normalized spacial score (nSPS) is 99.5. The Bertz CT molecular complexity index is 2820. The van der Waals surface area contributed by atoms with E-state index in [1.54, 1.807) is 12.8 Å². The highest BCUT2D eigenvalue weighted by molar-refractivity contribution is 5.54. The quantitative estimate of drug-likeness (QED) is 0.245. The van der Waals surface area contributed by atoms with Gasteiger partial charge in [0.1, 0.15) is 0 Å². The van der Waals surface area contributed by atoms with Gasteiger partial charge in [0.15, 0.2) is 0 Å². The lowest BCUT2D eigenvalue weighted by atomic mass is 9.29. The predicted octanol–water partition coefficient (Wildman–Crippen LogP) is 8.92. The summed E-state index contributed by atoms with van der Waals surface area (Å²) in [5, 5.41) is 0. The summed E-state index contributed by atoms with van der Waals surface area (Å²) in [6, 6.07) is 11.0. The van der Waals surface area contributed by atoms with Crippen LogP contribution in [-0.2, 0) is 12.8 Å². The van der Waals surface area contributed by atoms with E-state index >= 15 is 0 Å². The first-order chi connectivity index (χ1) is 33.9. The zero-order valence-electron chi connectivity index (χ0n) is 39.2. The zero-order chi connectivity index (χ0) is 39.9. The maximum Gasteiger partial charge on any atom is -0.0124 e. The monoisotopic (exact) mass is 883 g/mol. The molecule has 1 aromatic rings. The fraction of sp³-hybridized carbons (Fsp3) is 0.912. The van der Waals surface area contributed by atoms with Gasteiger partial charge in [-0.1, -0.05) is 24.3 Å². The molecule has 56 unspecified atom stereocenters. The molecule has 34 rings (SSSR count). The minimum Gasteiger partial charge on any atom is -0.0620 e. The standard InChI is InChI=1S/C68H66/c1-2-4-8-6-68-64-57-50-38-30-21-12-10-9-11-15(12)24-31-29-20(11)22-18-13(9)16-17-14(10)19-23(21)36(38)44-42-28(19)26(17)34-33-25(16)27(18)41-43-35(22)37(29)49-51-39(31)40(32(24)30)52(50)61(64)60(51)63-56(49)54(43)58-47(41)45(33)53-46(34)48(42)59(55(44)57)66(68)62(53)65(58)67(63,68)5-7(8)3-1/h1-4,9-66H,5-6H2. The lowest BCUT2D eigenvalue weighted by Crippen LogP contribution is -2.72. The molecule has 1 aromatic carbocycles. The Labute approximate surface area is 400 Å². The topological polar surface area (TPSA) is 0 Å². The van der Waals surface area contributed by atoms with Gasteiger partial charge < -0.3 is 0 Å². The first kappa shape index (κ1) is 29.9. The third-order valence-corrected chi connectivity index (χ3v) is 42.9. The number of benzene rings is 1. The molecule has 0 nitrogen and oxygen atoms in total. The van der Waals surface area contributed by atoms with Crippen molar-refractivity contribution in [3.63, 3.8) is 0 Å². The van der Waals surface area contributed by atoms with Crippen LogP contribution in [0, 0.1) is 354 Å². The summed E-state index contributed by atoms with van der Waals surface area (Å²) in [6.45, 7) is 0. The predicted molar refractivity (Wildman–Crippen MR) is 241 cm³/mol. The summed E-state index contributed by atoms with van der Waals surface area (Å²) in [5.41, 5.74) is 5.50. The van der Waals surface area contributed by atoms with E-state index in [-0.39, 0.29) is 0 Å². The molecule has 0 N–H and O–H groups in total. The van der Waals surface area contributed by atoms with Crippen LogP contribution in [-0.4, -0.2) is 0 Å². The maximum atomic E-state index is 2.87. The third-order valence-electron chi connectivity index (χ3n) is 42.9. The van der Waals surface area contributed by atoms with E-state index in [2.05, 4.69) is 24.3 Å². The van der Waals surface area contributed by atoms with Crippen LogP contribution in [0.15, 0.2) is 24.3 Å². The molecular weight excluding hydrogens is 817 g/mol. The van der Waals surface area contributed by atoms with Crippen molar-refractivity contribution in [2.45, 2.75) is 12.8 Å². The van der Waals surface area contributed by atoms with Crippen LogP contribution in [0.3, 0.4) is 0 Å². The van der Waals surface area contributed by atoms with Gasteiger partial charge in [-0.25, -0.2) is 0 Å². The first-order valence-corrected chi connectivity index (χ1v) is 33.0. The Morgan fingerprint density at radius 3 is 0.515 bits per heavy atom. The molecule has 0 bridgehead atoms. The van der Waals surface area contributed by atoms with Crippen molar-refractivity contribution in [3.8, 4) is 0 Å². The molecule has 32 saturated carbocycles. The highest BCUT2D eigenvalue weighted by atomic mass is 15.1. The molecule has 338 valence electrons. The van der Waals surface area contributed by atoms with Crippen LogP contribution in [0.5, 0.6) is 0 Å². The Balaban J connectivity index is 0.873. The third kappa shape index (κ3) is 1.74. The fourth-order valence-electron chi connectivity index (χ4n) is 49.1. The van der Waals surface area contributed by atoms with Crippen LogP contribution in [0.25, 0.3) is 0 Å². The lowest BCUT2D eigenvalue weighted by Gasteiger charge is -2.75. The number of rotatable bonds is 0. The molecule has 56 atom stereocenters. The molecule has 2 spiro atoms.